The van der Waals surface area contributed by atoms with Gasteiger partial charge in [-0.3, -0.25) is 4.55 Å². The van der Waals surface area contributed by atoms with Gasteiger partial charge in [0.15, 0.2) is 12.4 Å². The average Bonchev–Trinajstić information content (AvgIpc) is 2.16. The Morgan fingerprint density at radius 3 is 2.40 bits per heavy atom. The van der Waals surface area contributed by atoms with Gasteiger partial charge in [-0.05, 0) is 12.0 Å². The Morgan fingerprint density at radius 1 is 1.33 bits per heavy atom. The minimum atomic E-state index is -3.85. The maximum Gasteiger partial charge on any atom is 0.265 e. The molecular weight excluding hydrogens is 214 g/mol. The van der Waals surface area contributed by atoms with Gasteiger partial charge in [-0.1, -0.05) is 6.92 Å². The Balaban J connectivity index is 2.57. The van der Waals surface area contributed by atoms with Crippen LogP contribution < -0.4 is 4.57 Å². The van der Waals surface area contributed by atoms with Crippen molar-refractivity contribution in [3.63, 3.8) is 0 Å². The van der Waals surface area contributed by atoms with Gasteiger partial charge < -0.3 is 0 Å². The van der Waals surface area contributed by atoms with Crippen LogP contribution in [0.25, 0.3) is 0 Å². The van der Waals surface area contributed by atoms with Gasteiger partial charge in [0, 0.05) is 18.6 Å². The third-order valence-corrected chi connectivity index (χ3v) is 2.81. The minimum Gasteiger partial charge on any atom is -0.286 e. The molecule has 1 rings (SSSR count). The monoisotopic (exact) mass is 230 g/mol. The van der Waals surface area contributed by atoms with E-state index in [2.05, 4.69) is 6.92 Å². The Morgan fingerprint density at radius 2 is 1.93 bits per heavy atom. The Kier molecular flexibility index (Phi) is 4.23. The first kappa shape index (κ1) is 12.1. The van der Waals surface area contributed by atoms with Crippen LogP contribution in [0.1, 0.15) is 18.9 Å². The molecule has 0 radical (unpaired) electrons. The Hall–Kier alpha value is -0.940. The Bertz CT molecular complexity index is 397. The SMILES string of the molecule is CCC[n+]1ccc(CCS(=O)(=O)O)cc1. The zero-order chi connectivity index (χ0) is 11.3. The molecule has 1 aromatic heterocycles. The van der Waals surface area contributed by atoms with Crippen LogP contribution in [0.3, 0.4) is 0 Å². The summed E-state index contributed by atoms with van der Waals surface area (Å²) in [5, 5.41) is 0. The topological polar surface area (TPSA) is 58.2 Å². The van der Waals surface area contributed by atoms with Crippen molar-refractivity contribution in [2.24, 2.45) is 0 Å². The van der Waals surface area contributed by atoms with Crippen LogP contribution >= 0.6 is 0 Å². The third-order valence-electron chi connectivity index (χ3n) is 2.09. The fraction of sp³-hybridized carbons (Fsp3) is 0.500. The number of hydrogen-bond acceptors (Lipinski definition) is 2. The van der Waals surface area contributed by atoms with E-state index >= 15 is 0 Å². The van der Waals surface area contributed by atoms with E-state index in [1.807, 2.05) is 29.1 Å². The summed E-state index contributed by atoms with van der Waals surface area (Å²) in [6.45, 7) is 3.05. The van der Waals surface area contributed by atoms with Gasteiger partial charge in [-0.15, -0.1) is 0 Å². The van der Waals surface area contributed by atoms with Crippen LogP contribution in [0.4, 0.5) is 0 Å². The van der Waals surface area contributed by atoms with E-state index < -0.39 is 10.1 Å². The molecule has 0 aliphatic heterocycles. The predicted molar refractivity (Wildman–Crippen MR) is 57.0 cm³/mol. The highest BCUT2D eigenvalue weighted by Crippen LogP contribution is 1.99. The lowest BCUT2D eigenvalue weighted by atomic mass is 10.2. The van der Waals surface area contributed by atoms with E-state index in [9.17, 15) is 8.42 Å². The molecule has 0 unspecified atom stereocenters. The lowest BCUT2D eigenvalue weighted by Gasteiger charge is -1.98. The maximum atomic E-state index is 10.5. The summed E-state index contributed by atoms with van der Waals surface area (Å²) in [4.78, 5) is 0. The van der Waals surface area contributed by atoms with Crippen LogP contribution in [0.2, 0.25) is 0 Å². The fourth-order valence-corrected chi connectivity index (χ4v) is 1.80. The van der Waals surface area contributed by atoms with E-state index in [4.69, 9.17) is 4.55 Å². The lowest BCUT2D eigenvalue weighted by molar-refractivity contribution is -0.697. The van der Waals surface area contributed by atoms with Gasteiger partial charge in [0.2, 0.25) is 0 Å². The molecule has 1 heterocycles. The van der Waals surface area contributed by atoms with Crippen LogP contribution in [0.15, 0.2) is 24.5 Å². The van der Waals surface area contributed by atoms with Gasteiger partial charge in [-0.25, -0.2) is 4.57 Å². The van der Waals surface area contributed by atoms with E-state index in [0.29, 0.717) is 6.42 Å². The molecular formula is C10H16NO3S+. The number of rotatable bonds is 5. The van der Waals surface area contributed by atoms with Crippen molar-refractivity contribution in [2.75, 3.05) is 5.75 Å². The standard InChI is InChI=1S/C10H15NO3S/c1-2-6-11-7-3-10(4-8-11)5-9-15(12,13)14/h3-4,7-8H,2,5-6,9H2,1H3/p+1. The number of aryl methyl sites for hydroxylation is 2. The first-order valence-electron chi connectivity index (χ1n) is 4.94. The molecule has 0 fully saturated rings. The largest absolute Gasteiger partial charge is 0.286 e. The van der Waals surface area contributed by atoms with Gasteiger partial charge in [0.05, 0.1) is 5.75 Å². The molecule has 0 amide bonds. The average molecular weight is 230 g/mol. The second-order valence-corrected chi connectivity index (χ2v) is 5.05. The summed E-state index contributed by atoms with van der Waals surface area (Å²) in [5.41, 5.74) is 0.917. The summed E-state index contributed by atoms with van der Waals surface area (Å²) >= 11 is 0. The molecule has 0 aliphatic carbocycles. The molecule has 0 atom stereocenters. The van der Waals surface area contributed by atoms with Crippen LogP contribution in [0.5, 0.6) is 0 Å². The van der Waals surface area contributed by atoms with E-state index in [-0.39, 0.29) is 5.75 Å². The highest BCUT2D eigenvalue weighted by atomic mass is 32.2. The van der Waals surface area contributed by atoms with Crippen molar-refractivity contribution >= 4 is 10.1 Å². The van der Waals surface area contributed by atoms with Crippen LogP contribution in [-0.4, -0.2) is 18.7 Å². The molecule has 0 saturated heterocycles. The highest BCUT2D eigenvalue weighted by Gasteiger charge is 2.06. The third kappa shape index (κ3) is 4.90. The van der Waals surface area contributed by atoms with Crippen molar-refractivity contribution in [2.45, 2.75) is 26.3 Å². The molecule has 1 aromatic rings. The van der Waals surface area contributed by atoms with E-state index in [1.54, 1.807) is 0 Å². The van der Waals surface area contributed by atoms with Crippen LogP contribution in [0, 0.1) is 0 Å². The molecule has 0 aliphatic rings. The number of pyridine rings is 1. The molecule has 84 valence electrons. The van der Waals surface area contributed by atoms with Gasteiger partial charge >= 0.3 is 0 Å². The van der Waals surface area contributed by atoms with Gasteiger partial charge in [0.1, 0.15) is 6.54 Å². The predicted octanol–water partition coefficient (Wildman–Crippen LogP) is 0.814. The van der Waals surface area contributed by atoms with Crippen molar-refractivity contribution < 1.29 is 17.5 Å². The van der Waals surface area contributed by atoms with Gasteiger partial charge in [-0.2, -0.15) is 8.42 Å². The molecule has 0 aromatic carbocycles. The number of nitrogens with zero attached hydrogens (tertiary/aromatic N) is 1. The van der Waals surface area contributed by atoms with E-state index in [0.717, 1.165) is 18.5 Å². The normalized spacial score (nSPS) is 11.6. The fourth-order valence-electron chi connectivity index (χ4n) is 1.31. The summed E-state index contributed by atoms with van der Waals surface area (Å²) in [5.74, 6) is -0.217. The van der Waals surface area contributed by atoms with E-state index in [1.165, 1.54) is 0 Å². The van der Waals surface area contributed by atoms with Gasteiger partial charge in [0.25, 0.3) is 10.1 Å². The molecule has 0 saturated carbocycles. The summed E-state index contributed by atoms with van der Waals surface area (Å²) in [6, 6.07) is 3.75. The number of hydrogen-bond donors (Lipinski definition) is 1. The maximum absolute atomic E-state index is 10.5. The quantitative estimate of drug-likeness (QED) is 0.601. The smallest absolute Gasteiger partial charge is 0.265 e. The summed E-state index contributed by atoms with van der Waals surface area (Å²) in [6.07, 6.45) is 5.26. The Labute approximate surface area is 90.3 Å². The summed E-state index contributed by atoms with van der Waals surface area (Å²) < 4.78 is 31.7. The highest BCUT2D eigenvalue weighted by molar-refractivity contribution is 7.85. The molecule has 15 heavy (non-hydrogen) atoms. The molecule has 0 bridgehead atoms. The first-order chi connectivity index (χ1) is 7.01. The summed E-state index contributed by atoms with van der Waals surface area (Å²) in [7, 11) is -3.85. The molecule has 4 nitrogen and oxygen atoms in total. The molecule has 5 heteroatoms. The second kappa shape index (κ2) is 5.23. The zero-order valence-electron chi connectivity index (χ0n) is 8.76. The number of aromatic nitrogens is 1. The molecule has 0 spiro atoms. The van der Waals surface area contributed by atoms with Crippen molar-refractivity contribution in [1.82, 2.24) is 0 Å². The lowest BCUT2D eigenvalue weighted by Crippen LogP contribution is -2.32. The minimum absolute atomic E-state index is 0.217. The van der Waals surface area contributed by atoms with Crippen molar-refractivity contribution in [3.05, 3.63) is 30.1 Å². The molecule has 1 N–H and O–H groups in total. The second-order valence-electron chi connectivity index (χ2n) is 3.48. The van der Waals surface area contributed by atoms with Crippen molar-refractivity contribution in [1.29, 1.82) is 0 Å². The van der Waals surface area contributed by atoms with Crippen molar-refractivity contribution in [3.8, 4) is 0 Å². The zero-order valence-corrected chi connectivity index (χ0v) is 9.57. The first-order valence-corrected chi connectivity index (χ1v) is 6.55. The van der Waals surface area contributed by atoms with Crippen LogP contribution in [-0.2, 0) is 23.1 Å².